The van der Waals surface area contributed by atoms with Gasteiger partial charge in [-0.05, 0) is 19.3 Å². The van der Waals surface area contributed by atoms with Crippen LogP contribution < -0.4 is 0 Å². The van der Waals surface area contributed by atoms with E-state index in [0.29, 0.717) is 19.3 Å². The summed E-state index contributed by atoms with van der Waals surface area (Å²) in [6.07, 6.45) is -8.79. The number of aliphatic hydroxyl groups excluding tert-OH is 5. The van der Waals surface area contributed by atoms with Crippen LogP contribution >= 0.6 is 0 Å². The zero-order chi connectivity index (χ0) is 18.0. The molecule has 2 rings (SSSR count). The highest BCUT2D eigenvalue weighted by atomic mass is 16.7. The van der Waals surface area contributed by atoms with Crippen LogP contribution in [0.15, 0.2) is 0 Å². The highest BCUT2D eigenvalue weighted by Crippen LogP contribution is 2.31. The molecule has 2 fully saturated rings. The van der Waals surface area contributed by atoms with Gasteiger partial charge >= 0.3 is 0 Å². The zero-order valence-corrected chi connectivity index (χ0v) is 14.4. The van der Waals surface area contributed by atoms with Crippen molar-refractivity contribution in [3.8, 4) is 0 Å². The summed E-state index contributed by atoms with van der Waals surface area (Å²) in [5.74, 6) is 0. The average Bonchev–Trinajstić information content (AvgIpc) is 2.58. The fourth-order valence-corrected chi connectivity index (χ4v) is 3.37. The number of ether oxygens (including phenoxy) is 3. The summed E-state index contributed by atoms with van der Waals surface area (Å²) < 4.78 is 16.8. The third kappa shape index (κ3) is 3.76. The molecule has 0 radical (unpaired) electrons. The molecule has 2 aliphatic heterocycles. The van der Waals surface area contributed by atoms with Gasteiger partial charge in [0.1, 0.15) is 36.6 Å². The first-order valence-electron chi connectivity index (χ1n) is 8.72. The number of rotatable bonds is 5. The lowest BCUT2D eigenvalue weighted by molar-refractivity contribution is -0.338. The predicted molar refractivity (Wildman–Crippen MR) is 83.1 cm³/mol. The van der Waals surface area contributed by atoms with E-state index in [4.69, 9.17) is 14.2 Å². The predicted octanol–water partition coefficient (Wildman–Crippen LogP) is -1.10. The van der Waals surface area contributed by atoms with Crippen LogP contribution in [0.25, 0.3) is 0 Å². The largest absolute Gasteiger partial charge is 0.388 e. The van der Waals surface area contributed by atoms with E-state index in [-0.39, 0.29) is 0 Å². The SMILES string of the molecule is CCC1O[C@H](OC2C(O)[C@H](CC)O[C@@H](CC)[C@@H]2O)[C@@H](O)C(O)[C@H]1O. The van der Waals surface area contributed by atoms with E-state index in [0.717, 1.165) is 0 Å². The van der Waals surface area contributed by atoms with Crippen LogP contribution in [0.2, 0.25) is 0 Å². The van der Waals surface area contributed by atoms with Crippen molar-refractivity contribution in [2.45, 2.75) is 101 Å². The molecular weight excluding hydrogens is 320 g/mol. The second kappa shape index (κ2) is 8.37. The number of hydrogen-bond acceptors (Lipinski definition) is 8. The third-order valence-corrected chi connectivity index (χ3v) is 4.95. The molecule has 0 amide bonds. The van der Waals surface area contributed by atoms with Crippen molar-refractivity contribution in [3.05, 3.63) is 0 Å². The first-order chi connectivity index (χ1) is 11.3. The molecule has 0 bridgehead atoms. The van der Waals surface area contributed by atoms with Gasteiger partial charge in [-0.15, -0.1) is 0 Å². The molecule has 2 heterocycles. The lowest BCUT2D eigenvalue weighted by Gasteiger charge is -2.46. The van der Waals surface area contributed by atoms with Crippen LogP contribution in [-0.4, -0.2) is 86.8 Å². The standard InChI is InChI=1S/C16H30O8/c1-4-7-10(17)13(20)14(21)16(23-7)24-15-11(18)8(5-2)22-9(6-3)12(15)19/h7-21H,4-6H2,1-3H3/t7?,8-,9-,10-,11-,12?,13?,14-,15?,16+/m0/s1. The molecule has 2 aliphatic rings. The number of aliphatic hydroxyl groups is 5. The van der Waals surface area contributed by atoms with Gasteiger partial charge in [0.05, 0.1) is 18.3 Å². The van der Waals surface area contributed by atoms with Crippen LogP contribution in [0.3, 0.4) is 0 Å². The van der Waals surface area contributed by atoms with Crippen molar-refractivity contribution in [2.75, 3.05) is 0 Å². The summed E-state index contributed by atoms with van der Waals surface area (Å²) in [6, 6.07) is 0. The molecule has 24 heavy (non-hydrogen) atoms. The highest BCUT2D eigenvalue weighted by Gasteiger charge is 2.49. The molecule has 0 aliphatic carbocycles. The molecule has 8 heteroatoms. The fourth-order valence-electron chi connectivity index (χ4n) is 3.37. The molecule has 0 aromatic carbocycles. The van der Waals surface area contributed by atoms with E-state index >= 15 is 0 Å². The lowest BCUT2D eigenvalue weighted by Crippen LogP contribution is -2.63. The topological polar surface area (TPSA) is 129 Å². The maximum Gasteiger partial charge on any atom is 0.187 e. The van der Waals surface area contributed by atoms with Crippen LogP contribution in [-0.2, 0) is 14.2 Å². The number of hydrogen-bond donors (Lipinski definition) is 5. The van der Waals surface area contributed by atoms with Gasteiger partial charge in [-0.2, -0.15) is 0 Å². The maximum atomic E-state index is 10.4. The second-order valence-electron chi connectivity index (χ2n) is 6.53. The first kappa shape index (κ1) is 20.0. The van der Waals surface area contributed by atoms with Crippen LogP contribution in [0, 0.1) is 0 Å². The van der Waals surface area contributed by atoms with Crippen LogP contribution in [0.1, 0.15) is 40.0 Å². The van der Waals surface area contributed by atoms with E-state index < -0.39 is 61.2 Å². The Hall–Kier alpha value is -0.320. The van der Waals surface area contributed by atoms with Crippen molar-refractivity contribution in [3.63, 3.8) is 0 Å². The Morgan fingerprint density at radius 3 is 1.54 bits per heavy atom. The highest BCUT2D eigenvalue weighted by molar-refractivity contribution is 4.95. The Kier molecular flexibility index (Phi) is 6.98. The van der Waals surface area contributed by atoms with Crippen molar-refractivity contribution < 1.29 is 39.7 Å². The summed E-state index contributed by atoms with van der Waals surface area (Å²) in [4.78, 5) is 0. The van der Waals surface area contributed by atoms with Crippen molar-refractivity contribution in [1.29, 1.82) is 0 Å². The molecule has 0 spiro atoms. The summed E-state index contributed by atoms with van der Waals surface area (Å²) in [6.45, 7) is 5.48. The minimum Gasteiger partial charge on any atom is -0.388 e. The van der Waals surface area contributed by atoms with E-state index in [1.807, 2.05) is 13.8 Å². The van der Waals surface area contributed by atoms with Gasteiger partial charge in [0.25, 0.3) is 0 Å². The van der Waals surface area contributed by atoms with Gasteiger partial charge in [0, 0.05) is 0 Å². The molecule has 2 saturated heterocycles. The normalized spacial score (nSPS) is 50.0. The Balaban J connectivity index is 2.14. The van der Waals surface area contributed by atoms with Crippen molar-refractivity contribution >= 4 is 0 Å². The van der Waals surface area contributed by atoms with Gasteiger partial charge in [0.15, 0.2) is 6.29 Å². The van der Waals surface area contributed by atoms with Gasteiger partial charge in [0.2, 0.25) is 0 Å². The summed E-state index contributed by atoms with van der Waals surface area (Å²) in [5.41, 5.74) is 0. The third-order valence-electron chi connectivity index (χ3n) is 4.95. The monoisotopic (exact) mass is 350 g/mol. The van der Waals surface area contributed by atoms with Gasteiger partial charge in [-0.3, -0.25) is 0 Å². The Labute approximate surface area is 142 Å². The Morgan fingerprint density at radius 1 is 0.625 bits per heavy atom. The van der Waals surface area contributed by atoms with Crippen LogP contribution in [0.4, 0.5) is 0 Å². The molecule has 8 nitrogen and oxygen atoms in total. The molecule has 10 atom stereocenters. The van der Waals surface area contributed by atoms with Crippen LogP contribution in [0.5, 0.6) is 0 Å². The fraction of sp³-hybridized carbons (Fsp3) is 1.00. The minimum absolute atomic E-state index is 0.416. The summed E-state index contributed by atoms with van der Waals surface area (Å²) in [5, 5.41) is 50.8. The molecule has 0 aromatic rings. The zero-order valence-electron chi connectivity index (χ0n) is 14.4. The summed E-state index contributed by atoms with van der Waals surface area (Å²) >= 11 is 0. The molecule has 0 aromatic heterocycles. The Bertz CT molecular complexity index is 376. The van der Waals surface area contributed by atoms with Gasteiger partial charge in [-0.1, -0.05) is 20.8 Å². The van der Waals surface area contributed by atoms with E-state index in [1.54, 1.807) is 6.92 Å². The second-order valence-corrected chi connectivity index (χ2v) is 6.53. The Morgan fingerprint density at radius 2 is 1.08 bits per heavy atom. The van der Waals surface area contributed by atoms with Gasteiger partial charge in [-0.25, -0.2) is 0 Å². The van der Waals surface area contributed by atoms with E-state index in [9.17, 15) is 25.5 Å². The molecule has 0 saturated carbocycles. The molecule has 5 N–H and O–H groups in total. The maximum absolute atomic E-state index is 10.4. The molecule has 142 valence electrons. The quantitative estimate of drug-likeness (QED) is 0.423. The minimum atomic E-state index is -1.48. The van der Waals surface area contributed by atoms with Crippen molar-refractivity contribution in [2.24, 2.45) is 0 Å². The van der Waals surface area contributed by atoms with E-state index in [2.05, 4.69) is 0 Å². The first-order valence-corrected chi connectivity index (χ1v) is 8.72. The molecule has 4 unspecified atom stereocenters. The smallest absolute Gasteiger partial charge is 0.187 e. The summed E-state index contributed by atoms with van der Waals surface area (Å²) in [7, 11) is 0. The molecular formula is C16H30O8. The van der Waals surface area contributed by atoms with E-state index in [1.165, 1.54) is 0 Å². The van der Waals surface area contributed by atoms with Crippen molar-refractivity contribution in [1.82, 2.24) is 0 Å². The average molecular weight is 350 g/mol. The van der Waals surface area contributed by atoms with Gasteiger partial charge < -0.3 is 39.7 Å². The lowest BCUT2D eigenvalue weighted by atomic mass is 9.92.